The van der Waals surface area contributed by atoms with Crippen molar-refractivity contribution in [1.82, 2.24) is 14.5 Å². The quantitative estimate of drug-likeness (QED) is 0.401. The Bertz CT molecular complexity index is 1220. The van der Waals surface area contributed by atoms with Crippen LogP contribution < -0.4 is 4.74 Å². The van der Waals surface area contributed by atoms with Crippen LogP contribution in [0.1, 0.15) is 31.5 Å². The molecule has 5 heteroatoms. The number of para-hydroxylation sites is 2. The molecule has 5 nitrogen and oxygen atoms in total. The molecule has 1 aliphatic rings. The van der Waals surface area contributed by atoms with Crippen LogP contribution in [0.4, 0.5) is 0 Å². The summed E-state index contributed by atoms with van der Waals surface area (Å²) in [5.74, 6) is 2.33. The van der Waals surface area contributed by atoms with Crippen molar-refractivity contribution >= 4 is 27.7 Å². The first-order valence-electron chi connectivity index (χ1n) is 11.1. The maximum Gasteiger partial charge on any atom is 0.223 e. The molecule has 0 N–H and O–H groups in total. The Hall–Kier alpha value is -3.34. The fourth-order valence-electron chi connectivity index (χ4n) is 4.62. The van der Waals surface area contributed by atoms with Gasteiger partial charge in [-0.15, -0.1) is 0 Å². The van der Waals surface area contributed by atoms with Crippen molar-refractivity contribution in [2.24, 2.45) is 0 Å². The number of imidazole rings is 1. The third kappa shape index (κ3) is 3.76. The van der Waals surface area contributed by atoms with Crippen molar-refractivity contribution < 1.29 is 9.53 Å². The maximum absolute atomic E-state index is 12.3. The van der Waals surface area contributed by atoms with Crippen LogP contribution in [0.25, 0.3) is 21.8 Å². The van der Waals surface area contributed by atoms with Crippen LogP contribution in [0.3, 0.4) is 0 Å². The molecule has 0 saturated carbocycles. The monoisotopic (exact) mass is 413 g/mol. The number of hydrogen-bond acceptors (Lipinski definition) is 3. The summed E-state index contributed by atoms with van der Waals surface area (Å²) >= 11 is 0. The van der Waals surface area contributed by atoms with E-state index in [1.165, 1.54) is 5.39 Å². The van der Waals surface area contributed by atoms with Gasteiger partial charge in [-0.25, -0.2) is 4.98 Å². The normalized spacial score (nSPS) is 16.5. The molecule has 158 valence electrons. The third-order valence-electron chi connectivity index (χ3n) is 6.18. The summed E-state index contributed by atoms with van der Waals surface area (Å²) in [6, 6.07) is 22.7. The van der Waals surface area contributed by atoms with Gasteiger partial charge in [0.2, 0.25) is 5.91 Å². The molecule has 0 aliphatic carbocycles. The van der Waals surface area contributed by atoms with Crippen LogP contribution in [0.5, 0.6) is 5.75 Å². The Kier molecular flexibility index (Phi) is 5.33. The molecule has 0 bridgehead atoms. The Morgan fingerprint density at radius 3 is 2.71 bits per heavy atom. The molecule has 3 aromatic carbocycles. The smallest absolute Gasteiger partial charge is 0.223 e. The topological polar surface area (TPSA) is 47.4 Å². The van der Waals surface area contributed by atoms with Gasteiger partial charge in [0.05, 0.1) is 17.6 Å². The highest BCUT2D eigenvalue weighted by Gasteiger charge is 2.33. The first kappa shape index (κ1) is 19.6. The minimum atomic E-state index is 0.152. The first-order valence-corrected chi connectivity index (χ1v) is 11.1. The molecule has 31 heavy (non-hydrogen) atoms. The van der Waals surface area contributed by atoms with Crippen molar-refractivity contribution in [3.05, 3.63) is 72.6 Å². The zero-order valence-electron chi connectivity index (χ0n) is 17.8. The Morgan fingerprint density at radius 2 is 1.84 bits per heavy atom. The van der Waals surface area contributed by atoms with E-state index >= 15 is 0 Å². The van der Waals surface area contributed by atoms with Crippen molar-refractivity contribution in [2.45, 2.75) is 32.2 Å². The van der Waals surface area contributed by atoms with Crippen LogP contribution in [-0.4, -0.2) is 40.1 Å². The van der Waals surface area contributed by atoms with E-state index in [2.05, 4.69) is 41.0 Å². The molecular weight excluding hydrogens is 386 g/mol. The van der Waals surface area contributed by atoms with Gasteiger partial charge in [-0.1, -0.05) is 48.5 Å². The van der Waals surface area contributed by atoms with E-state index in [4.69, 9.17) is 9.72 Å². The average molecular weight is 414 g/mol. The number of fused-ring (bicyclic) bond motifs is 2. The minimum Gasteiger partial charge on any atom is -0.493 e. The number of rotatable bonds is 7. The van der Waals surface area contributed by atoms with Gasteiger partial charge < -0.3 is 14.2 Å². The van der Waals surface area contributed by atoms with Crippen molar-refractivity contribution in [3.8, 4) is 5.75 Å². The summed E-state index contributed by atoms with van der Waals surface area (Å²) in [5, 5.41) is 2.33. The Balaban J connectivity index is 1.33. The van der Waals surface area contributed by atoms with E-state index in [0.29, 0.717) is 13.0 Å². The van der Waals surface area contributed by atoms with Crippen LogP contribution in [0.2, 0.25) is 0 Å². The number of carbonyl (C=O) groups excluding carboxylic acids is 1. The van der Waals surface area contributed by atoms with Gasteiger partial charge in [0.25, 0.3) is 0 Å². The number of carbonyl (C=O) groups is 1. The Labute approximate surface area is 182 Å². The zero-order chi connectivity index (χ0) is 21.2. The van der Waals surface area contributed by atoms with Crippen molar-refractivity contribution in [1.29, 1.82) is 0 Å². The maximum atomic E-state index is 12.3. The number of ether oxygens (including phenoxy) is 1. The standard InChI is InChI=1S/C26H27N3O2/c1-2-28-18-20(17-25(28)30)26-27-22-12-5-6-13-23(22)29(26)15-8-16-31-24-14-7-10-19-9-3-4-11-21(19)24/h3-7,9-14,20H,2,8,15-18H2,1H3. The Morgan fingerprint density at radius 1 is 1.03 bits per heavy atom. The lowest BCUT2D eigenvalue weighted by Crippen LogP contribution is -2.24. The second-order valence-electron chi connectivity index (χ2n) is 8.12. The molecule has 1 fully saturated rings. The third-order valence-corrected chi connectivity index (χ3v) is 6.18. The fraction of sp³-hybridized carbons (Fsp3) is 0.308. The van der Waals surface area contributed by atoms with Gasteiger partial charge in [-0.3, -0.25) is 4.79 Å². The molecule has 4 aromatic rings. The lowest BCUT2D eigenvalue weighted by molar-refractivity contribution is -0.127. The highest BCUT2D eigenvalue weighted by molar-refractivity contribution is 5.88. The summed E-state index contributed by atoms with van der Waals surface area (Å²) in [6.45, 7) is 5.00. The lowest BCUT2D eigenvalue weighted by atomic mass is 10.1. The summed E-state index contributed by atoms with van der Waals surface area (Å²) in [7, 11) is 0. The van der Waals surface area contributed by atoms with Gasteiger partial charge in [0.1, 0.15) is 11.6 Å². The predicted molar refractivity (Wildman–Crippen MR) is 123 cm³/mol. The number of aryl methyl sites for hydroxylation is 1. The van der Waals surface area contributed by atoms with Gasteiger partial charge >= 0.3 is 0 Å². The van der Waals surface area contributed by atoms with E-state index < -0.39 is 0 Å². The van der Waals surface area contributed by atoms with E-state index in [1.807, 2.05) is 42.2 Å². The highest BCUT2D eigenvalue weighted by atomic mass is 16.5. The van der Waals surface area contributed by atoms with Gasteiger partial charge in [0.15, 0.2) is 0 Å². The van der Waals surface area contributed by atoms with Crippen LogP contribution in [0.15, 0.2) is 66.7 Å². The summed E-state index contributed by atoms with van der Waals surface area (Å²) in [5.41, 5.74) is 2.12. The summed E-state index contributed by atoms with van der Waals surface area (Å²) in [6.07, 6.45) is 1.42. The number of aromatic nitrogens is 2. The minimum absolute atomic E-state index is 0.152. The molecule has 1 saturated heterocycles. The van der Waals surface area contributed by atoms with E-state index in [-0.39, 0.29) is 11.8 Å². The largest absolute Gasteiger partial charge is 0.493 e. The van der Waals surface area contributed by atoms with Crippen LogP contribution in [0, 0.1) is 0 Å². The van der Waals surface area contributed by atoms with Gasteiger partial charge in [0, 0.05) is 37.4 Å². The molecule has 1 atom stereocenters. The molecule has 0 radical (unpaired) electrons. The number of amides is 1. The number of nitrogens with zero attached hydrogens (tertiary/aromatic N) is 3. The number of likely N-dealkylation sites (tertiary alicyclic amines) is 1. The molecule has 0 spiro atoms. The molecule has 1 amide bonds. The second-order valence-corrected chi connectivity index (χ2v) is 8.12. The van der Waals surface area contributed by atoms with Crippen LogP contribution in [-0.2, 0) is 11.3 Å². The van der Waals surface area contributed by atoms with E-state index in [1.54, 1.807) is 0 Å². The zero-order valence-corrected chi connectivity index (χ0v) is 17.8. The number of likely N-dealkylation sites (N-methyl/N-ethyl adjacent to an activating group) is 1. The summed E-state index contributed by atoms with van der Waals surface area (Å²) in [4.78, 5) is 19.2. The average Bonchev–Trinajstić information content (AvgIpc) is 3.36. The molecular formula is C26H27N3O2. The molecule has 1 aromatic heterocycles. The van der Waals surface area contributed by atoms with Gasteiger partial charge in [-0.05, 0) is 36.9 Å². The molecule has 1 unspecified atom stereocenters. The van der Waals surface area contributed by atoms with E-state index in [9.17, 15) is 4.79 Å². The van der Waals surface area contributed by atoms with Crippen molar-refractivity contribution in [2.75, 3.05) is 19.7 Å². The van der Waals surface area contributed by atoms with Crippen LogP contribution >= 0.6 is 0 Å². The molecule has 1 aliphatic heterocycles. The molecule has 2 heterocycles. The van der Waals surface area contributed by atoms with Crippen molar-refractivity contribution in [3.63, 3.8) is 0 Å². The predicted octanol–water partition coefficient (Wildman–Crippen LogP) is 4.99. The summed E-state index contributed by atoms with van der Waals surface area (Å²) < 4.78 is 8.44. The highest BCUT2D eigenvalue weighted by Crippen LogP contribution is 2.31. The fourth-order valence-corrected chi connectivity index (χ4v) is 4.62. The SMILES string of the molecule is CCN1CC(c2nc3ccccc3n2CCCOc2cccc3ccccc23)CC1=O. The lowest BCUT2D eigenvalue weighted by Gasteiger charge is -2.16. The van der Waals surface area contributed by atoms with E-state index in [0.717, 1.165) is 54.0 Å². The number of hydrogen-bond donors (Lipinski definition) is 0. The molecule has 5 rings (SSSR count). The second kappa shape index (κ2) is 8.42. The van der Waals surface area contributed by atoms with Gasteiger partial charge in [-0.2, -0.15) is 0 Å². The first-order chi connectivity index (χ1) is 15.2. The number of benzene rings is 3.